The molecule has 0 bridgehead atoms. The number of benzene rings is 2. The minimum atomic E-state index is -3.61. The van der Waals surface area contributed by atoms with Crippen molar-refractivity contribution in [3.63, 3.8) is 0 Å². The van der Waals surface area contributed by atoms with Crippen molar-refractivity contribution in [3.8, 4) is 0 Å². The zero-order valence-electron chi connectivity index (χ0n) is 16.0. The van der Waals surface area contributed by atoms with Crippen molar-refractivity contribution in [2.45, 2.75) is 25.9 Å². The Morgan fingerprint density at radius 2 is 1.77 bits per heavy atom. The number of halogens is 2. The maximum Gasteiger partial charge on any atom is 0.373 e. The highest BCUT2D eigenvalue weighted by Crippen LogP contribution is 2.36. The standard InChI is InChI=1S/C19H19Cl2N3O2S.CO2/c1-12-10-24(27(25,26)22-9-13-2-4-14(20)5-3-13)11-18-19(12)16-8-15(21)6-7-17(16)23-18;2-1-3/h2-8,12,22-23H,9-11H2,1H3;. The van der Waals surface area contributed by atoms with Crippen molar-refractivity contribution in [1.82, 2.24) is 14.0 Å². The van der Waals surface area contributed by atoms with Crippen LogP contribution in [0.2, 0.25) is 10.0 Å². The lowest BCUT2D eigenvalue weighted by atomic mass is 9.95. The van der Waals surface area contributed by atoms with E-state index in [1.807, 2.05) is 37.3 Å². The van der Waals surface area contributed by atoms with Crippen LogP contribution < -0.4 is 4.72 Å². The van der Waals surface area contributed by atoms with Gasteiger partial charge in [0.05, 0.1) is 6.54 Å². The molecule has 0 fully saturated rings. The number of carbonyl (C=O) groups excluding carboxylic acids is 2. The van der Waals surface area contributed by atoms with Crippen LogP contribution in [-0.4, -0.2) is 30.4 Å². The summed E-state index contributed by atoms with van der Waals surface area (Å²) in [6.45, 7) is 2.98. The van der Waals surface area contributed by atoms with Gasteiger partial charge in [-0.25, -0.2) is 0 Å². The van der Waals surface area contributed by atoms with Gasteiger partial charge in [0.2, 0.25) is 0 Å². The Labute approximate surface area is 184 Å². The van der Waals surface area contributed by atoms with E-state index in [9.17, 15) is 8.42 Å². The van der Waals surface area contributed by atoms with Crippen molar-refractivity contribution in [3.05, 3.63) is 69.3 Å². The zero-order valence-corrected chi connectivity index (χ0v) is 18.3. The largest absolute Gasteiger partial charge is 0.373 e. The van der Waals surface area contributed by atoms with E-state index in [4.69, 9.17) is 32.8 Å². The molecule has 0 spiro atoms. The molecule has 3 aromatic rings. The number of rotatable bonds is 4. The van der Waals surface area contributed by atoms with Gasteiger partial charge in [0.25, 0.3) is 10.2 Å². The highest BCUT2D eigenvalue weighted by molar-refractivity contribution is 7.87. The van der Waals surface area contributed by atoms with E-state index in [-0.39, 0.29) is 18.6 Å². The Morgan fingerprint density at radius 3 is 2.43 bits per heavy atom. The molecule has 0 amide bonds. The lowest BCUT2D eigenvalue weighted by molar-refractivity contribution is -0.191. The third-order valence-corrected chi connectivity index (χ3v) is 6.85. The van der Waals surface area contributed by atoms with Crippen LogP contribution in [0.1, 0.15) is 29.7 Å². The number of aromatic nitrogens is 1. The van der Waals surface area contributed by atoms with Crippen LogP contribution in [-0.2, 0) is 32.9 Å². The normalized spacial score (nSPS) is 16.4. The predicted molar refractivity (Wildman–Crippen MR) is 114 cm³/mol. The van der Waals surface area contributed by atoms with Crippen LogP contribution in [0.5, 0.6) is 0 Å². The molecule has 0 radical (unpaired) electrons. The molecule has 1 aliphatic heterocycles. The van der Waals surface area contributed by atoms with Crippen LogP contribution in [0.15, 0.2) is 42.5 Å². The van der Waals surface area contributed by atoms with Crippen LogP contribution in [0.4, 0.5) is 0 Å². The predicted octanol–water partition coefficient (Wildman–Crippen LogP) is 3.84. The number of hydrogen-bond donors (Lipinski definition) is 2. The van der Waals surface area contributed by atoms with Gasteiger partial charge in [-0.2, -0.15) is 27.0 Å². The summed E-state index contributed by atoms with van der Waals surface area (Å²) in [6, 6.07) is 12.8. The average Bonchev–Trinajstić information content (AvgIpc) is 3.06. The Morgan fingerprint density at radius 1 is 1.13 bits per heavy atom. The average molecular weight is 468 g/mol. The maximum atomic E-state index is 12.8. The van der Waals surface area contributed by atoms with Crippen molar-refractivity contribution in [1.29, 1.82) is 0 Å². The Bertz CT molecular complexity index is 1190. The van der Waals surface area contributed by atoms with Gasteiger partial charge in [0, 0.05) is 39.7 Å². The maximum absolute atomic E-state index is 12.8. The van der Waals surface area contributed by atoms with Gasteiger partial charge < -0.3 is 4.98 Å². The smallest absolute Gasteiger partial charge is 0.357 e. The minimum Gasteiger partial charge on any atom is -0.357 e. The monoisotopic (exact) mass is 467 g/mol. The van der Waals surface area contributed by atoms with E-state index in [0.717, 1.165) is 27.7 Å². The van der Waals surface area contributed by atoms with E-state index < -0.39 is 10.2 Å². The fourth-order valence-electron chi connectivity index (χ4n) is 3.62. The van der Waals surface area contributed by atoms with Gasteiger partial charge in [-0.1, -0.05) is 42.3 Å². The Hall–Kier alpha value is -2.19. The van der Waals surface area contributed by atoms with E-state index >= 15 is 0 Å². The molecule has 4 rings (SSSR count). The van der Waals surface area contributed by atoms with Crippen LogP contribution in [0.3, 0.4) is 0 Å². The summed E-state index contributed by atoms with van der Waals surface area (Å²) in [5, 5.41) is 2.37. The van der Waals surface area contributed by atoms with Crippen molar-refractivity contribution >= 4 is 50.5 Å². The molecule has 1 unspecified atom stereocenters. The van der Waals surface area contributed by atoms with Gasteiger partial charge in [-0.15, -0.1) is 0 Å². The fraction of sp³-hybridized carbons (Fsp3) is 0.250. The summed E-state index contributed by atoms with van der Waals surface area (Å²) in [5.41, 5.74) is 3.90. The number of aromatic amines is 1. The summed E-state index contributed by atoms with van der Waals surface area (Å²) >= 11 is 12.0. The first-order valence-electron chi connectivity index (χ1n) is 9.03. The molecule has 2 heterocycles. The molecule has 7 nitrogen and oxygen atoms in total. The first kappa shape index (κ1) is 22.5. The van der Waals surface area contributed by atoms with E-state index in [2.05, 4.69) is 9.71 Å². The fourth-order valence-corrected chi connectivity index (χ4v) is 5.17. The van der Waals surface area contributed by atoms with Crippen LogP contribution in [0.25, 0.3) is 10.9 Å². The molecule has 0 saturated heterocycles. The van der Waals surface area contributed by atoms with E-state index in [1.54, 1.807) is 12.1 Å². The Kier molecular flexibility index (Phi) is 6.98. The summed E-state index contributed by atoms with van der Waals surface area (Å²) in [4.78, 5) is 19.6. The Balaban J connectivity index is 0.000000806. The van der Waals surface area contributed by atoms with Crippen LogP contribution >= 0.6 is 23.2 Å². The zero-order chi connectivity index (χ0) is 21.9. The second-order valence-electron chi connectivity index (χ2n) is 6.94. The summed E-state index contributed by atoms with van der Waals surface area (Å²) < 4.78 is 29.8. The molecule has 0 saturated carbocycles. The molecule has 2 aromatic carbocycles. The SMILES string of the molecule is CC1CN(S(=O)(=O)NCc2ccc(Cl)cc2)Cc2[nH]c3ccc(Cl)cc3c21.O=C=O. The van der Waals surface area contributed by atoms with Crippen LogP contribution in [0, 0.1) is 0 Å². The number of nitrogens with zero attached hydrogens (tertiary/aromatic N) is 1. The van der Waals surface area contributed by atoms with Gasteiger partial charge in [-0.3, -0.25) is 0 Å². The van der Waals surface area contributed by atoms with E-state index in [0.29, 0.717) is 23.1 Å². The third kappa shape index (κ3) is 4.92. The summed E-state index contributed by atoms with van der Waals surface area (Å²) in [7, 11) is -3.61. The molecular weight excluding hydrogens is 449 g/mol. The molecule has 158 valence electrons. The molecule has 1 aliphatic rings. The second-order valence-corrected chi connectivity index (χ2v) is 9.56. The molecule has 10 heteroatoms. The highest BCUT2D eigenvalue weighted by Gasteiger charge is 2.32. The molecule has 1 atom stereocenters. The topological polar surface area (TPSA) is 99.3 Å². The second kappa shape index (κ2) is 9.31. The molecule has 0 aliphatic carbocycles. The lowest BCUT2D eigenvalue weighted by Gasteiger charge is -2.30. The first-order valence-corrected chi connectivity index (χ1v) is 11.2. The molecule has 1 aromatic heterocycles. The lowest BCUT2D eigenvalue weighted by Crippen LogP contribution is -2.44. The molecule has 30 heavy (non-hydrogen) atoms. The van der Waals surface area contributed by atoms with Crippen molar-refractivity contribution < 1.29 is 18.0 Å². The minimum absolute atomic E-state index is 0.0630. The molecular formula is C20H19Cl2N3O4S. The quantitative estimate of drug-likeness (QED) is 0.608. The van der Waals surface area contributed by atoms with Gasteiger partial charge in [0.1, 0.15) is 0 Å². The van der Waals surface area contributed by atoms with Crippen molar-refractivity contribution in [2.75, 3.05) is 6.54 Å². The number of nitrogens with one attached hydrogen (secondary N) is 2. The highest BCUT2D eigenvalue weighted by atomic mass is 35.5. The number of fused-ring (bicyclic) bond motifs is 3. The summed E-state index contributed by atoms with van der Waals surface area (Å²) in [5.74, 6) is 0.0630. The van der Waals surface area contributed by atoms with Gasteiger partial charge >= 0.3 is 6.15 Å². The third-order valence-electron chi connectivity index (χ3n) is 4.90. The van der Waals surface area contributed by atoms with Crippen molar-refractivity contribution in [2.24, 2.45) is 0 Å². The van der Waals surface area contributed by atoms with E-state index in [1.165, 1.54) is 4.31 Å². The molecule has 2 N–H and O–H groups in total. The van der Waals surface area contributed by atoms with Gasteiger partial charge in [-0.05, 0) is 47.4 Å². The number of H-pyrrole nitrogens is 1. The van der Waals surface area contributed by atoms with Gasteiger partial charge in [0.15, 0.2) is 0 Å². The summed E-state index contributed by atoms with van der Waals surface area (Å²) in [6.07, 6.45) is 0.250. The first-order chi connectivity index (χ1) is 14.2. The number of hydrogen-bond acceptors (Lipinski definition) is 4.